The predicted molar refractivity (Wildman–Crippen MR) is 75.3 cm³/mol. The highest BCUT2D eigenvalue weighted by Gasteiger charge is 2.59. The Morgan fingerprint density at radius 3 is 2.43 bits per heavy atom. The van der Waals surface area contributed by atoms with Gasteiger partial charge in [0, 0.05) is 0 Å². The first-order valence-corrected chi connectivity index (χ1v) is 7.04. The number of phenolic OH excluding ortho intramolecular Hbond substituents is 1. The van der Waals surface area contributed by atoms with Crippen molar-refractivity contribution in [3.63, 3.8) is 0 Å². The Labute approximate surface area is 121 Å². The van der Waals surface area contributed by atoms with Gasteiger partial charge in [0.1, 0.15) is 5.75 Å². The molecule has 4 rings (SSSR count). The van der Waals surface area contributed by atoms with E-state index in [0.717, 1.165) is 11.4 Å². The molecule has 1 saturated heterocycles. The number of hydrogen-bond acceptors (Lipinski definition) is 4. The third-order valence-electron chi connectivity index (χ3n) is 4.64. The molecular weight excluding hydrogens is 268 g/mol. The number of carbonyl (C=O) groups excluding carboxylic acids is 2. The summed E-state index contributed by atoms with van der Waals surface area (Å²) in [6.07, 6.45) is 6.46. The van der Waals surface area contributed by atoms with E-state index in [9.17, 15) is 14.7 Å². The normalized spacial score (nSPS) is 33.4. The number of nitrogens with zero attached hydrogens (tertiary/aromatic N) is 2. The fourth-order valence-corrected chi connectivity index (χ4v) is 3.73. The van der Waals surface area contributed by atoms with Gasteiger partial charge in [-0.3, -0.25) is 9.59 Å². The summed E-state index contributed by atoms with van der Waals surface area (Å²) in [6, 6.07) is 6.52. The molecule has 0 radical (unpaired) electrons. The molecule has 4 atom stereocenters. The van der Waals surface area contributed by atoms with Crippen LogP contribution >= 0.6 is 0 Å². The lowest BCUT2D eigenvalue weighted by molar-refractivity contribution is -0.140. The van der Waals surface area contributed by atoms with Crippen LogP contribution in [0.15, 0.2) is 41.5 Å². The summed E-state index contributed by atoms with van der Waals surface area (Å²) >= 11 is 0. The fourth-order valence-electron chi connectivity index (χ4n) is 3.73. The number of hydrazone groups is 1. The second-order valence-corrected chi connectivity index (χ2v) is 5.83. The first-order chi connectivity index (χ1) is 10.1. The van der Waals surface area contributed by atoms with Crippen molar-refractivity contribution in [3.8, 4) is 5.75 Å². The standard InChI is InChI=1S/C16H14N2O3/c19-12-3-1-2-9(6-12)8-17-18-15(20)13-10-4-5-11(7-10)14(13)16(18)21/h1-6,8,10-11,13-14,19H,7H2/b17-8-/t10-,11+,13+,14-. The molecule has 0 spiro atoms. The maximum absolute atomic E-state index is 12.4. The van der Waals surface area contributed by atoms with Crippen molar-refractivity contribution < 1.29 is 14.7 Å². The number of rotatable bonds is 2. The zero-order chi connectivity index (χ0) is 14.6. The Balaban J connectivity index is 1.60. The van der Waals surface area contributed by atoms with E-state index in [1.54, 1.807) is 18.2 Å². The quantitative estimate of drug-likeness (QED) is 0.508. The Kier molecular flexibility index (Phi) is 2.51. The number of carbonyl (C=O) groups is 2. The number of imide groups is 1. The monoisotopic (exact) mass is 282 g/mol. The predicted octanol–water partition coefficient (Wildman–Crippen LogP) is 1.53. The molecule has 1 aromatic carbocycles. The molecule has 1 heterocycles. The number of hydrogen-bond donors (Lipinski definition) is 1. The smallest absolute Gasteiger partial charge is 0.254 e. The minimum absolute atomic E-state index is 0.122. The highest BCUT2D eigenvalue weighted by molar-refractivity contribution is 6.06. The van der Waals surface area contributed by atoms with Crippen LogP contribution in [-0.2, 0) is 9.59 Å². The van der Waals surface area contributed by atoms with Crippen molar-refractivity contribution in [1.82, 2.24) is 5.01 Å². The second kappa shape index (κ2) is 4.28. The van der Waals surface area contributed by atoms with E-state index in [-0.39, 0.29) is 41.2 Å². The lowest BCUT2D eigenvalue weighted by Gasteiger charge is -2.13. The van der Waals surface area contributed by atoms with Gasteiger partial charge < -0.3 is 5.11 Å². The summed E-state index contributed by atoms with van der Waals surface area (Å²) in [6.45, 7) is 0. The first-order valence-electron chi connectivity index (χ1n) is 7.04. The van der Waals surface area contributed by atoms with Crippen LogP contribution in [0.3, 0.4) is 0 Å². The van der Waals surface area contributed by atoms with Crippen LogP contribution in [0.2, 0.25) is 0 Å². The number of aromatic hydroxyl groups is 1. The van der Waals surface area contributed by atoms with E-state index in [4.69, 9.17) is 0 Å². The molecule has 3 aliphatic rings. The van der Waals surface area contributed by atoms with Gasteiger partial charge in [-0.05, 0) is 36.0 Å². The largest absolute Gasteiger partial charge is 0.508 e. The zero-order valence-corrected chi connectivity index (χ0v) is 11.2. The number of allylic oxidation sites excluding steroid dienone is 2. The molecule has 1 aliphatic heterocycles. The molecule has 0 unspecified atom stereocenters. The highest BCUT2D eigenvalue weighted by Crippen LogP contribution is 2.52. The van der Waals surface area contributed by atoms with Gasteiger partial charge in [0.2, 0.25) is 0 Å². The molecule has 5 nitrogen and oxygen atoms in total. The van der Waals surface area contributed by atoms with E-state index in [1.165, 1.54) is 12.3 Å². The molecule has 106 valence electrons. The van der Waals surface area contributed by atoms with Gasteiger partial charge in [0.25, 0.3) is 11.8 Å². The molecule has 2 bridgehead atoms. The van der Waals surface area contributed by atoms with E-state index in [1.807, 2.05) is 0 Å². The SMILES string of the molecule is O=C1[C@@H]2[C@H](C(=O)N1/N=C\c1cccc(O)c1)[C@H]1C=C[C@@H]2C1. The molecule has 0 aromatic heterocycles. The topological polar surface area (TPSA) is 70.0 Å². The van der Waals surface area contributed by atoms with Gasteiger partial charge in [-0.2, -0.15) is 10.1 Å². The van der Waals surface area contributed by atoms with Crippen molar-refractivity contribution in [2.75, 3.05) is 0 Å². The Morgan fingerprint density at radius 1 is 1.14 bits per heavy atom. The highest BCUT2D eigenvalue weighted by atomic mass is 16.3. The van der Waals surface area contributed by atoms with Gasteiger partial charge >= 0.3 is 0 Å². The molecule has 2 fully saturated rings. The molecule has 1 aromatic rings. The molecule has 5 heteroatoms. The van der Waals surface area contributed by atoms with Crippen LogP contribution in [0.4, 0.5) is 0 Å². The second-order valence-electron chi connectivity index (χ2n) is 5.83. The number of amides is 2. The van der Waals surface area contributed by atoms with Gasteiger partial charge in [0.15, 0.2) is 0 Å². The third-order valence-corrected chi connectivity index (χ3v) is 4.64. The van der Waals surface area contributed by atoms with E-state index >= 15 is 0 Å². The molecule has 1 saturated carbocycles. The molecule has 21 heavy (non-hydrogen) atoms. The summed E-state index contributed by atoms with van der Waals surface area (Å²) in [5.41, 5.74) is 0.647. The van der Waals surface area contributed by atoms with Gasteiger partial charge in [-0.1, -0.05) is 24.3 Å². The minimum atomic E-state index is -0.228. The maximum Gasteiger partial charge on any atom is 0.254 e. The van der Waals surface area contributed by atoms with Crippen LogP contribution < -0.4 is 0 Å². The van der Waals surface area contributed by atoms with Crippen LogP contribution in [0, 0.1) is 23.7 Å². The zero-order valence-electron chi connectivity index (χ0n) is 11.2. The lowest BCUT2D eigenvalue weighted by Crippen LogP contribution is -2.28. The molecule has 2 aliphatic carbocycles. The fraction of sp³-hybridized carbons (Fsp3) is 0.312. The van der Waals surface area contributed by atoms with Gasteiger partial charge in [-0.15, -0.1) is 0 Å². The van der Waals surface area contributed by atoms with Crippen molar-refractivity contribution in [3.05, 3.63) is 42.0 Å². The van der Waals surface area contributed by atoms with Gasteiger partial charge in [0.05, 0.1) is 18.1 Å². The Hall–Kier alpha value is -2.43. The van der Waals surface area contributed by atoms with Gasteiger partial charge in [-0.25, -0.2) is 0 Å². The number of phenols is 1. The van der Waals surface area contributed by atoms with E-state index in [2.05, 4.69) is 17.3 Å². The summed E-state index contributed by atoms with van der Waals surface area (Å²) in [7, 11) is 0. The van der Waals surface area contributed by atoms with Crippen molar-refractivity contribution in [2.45, 2.75) is 6.42 Å². The summed E-state index contributed by atoms with van der Waals surface area (Å²) in [5.74, 6) is -0.342. The Bertz CT molecular complexity index is 665. The first kappa shape index (κ1) is 12.3. The summed E-state index contributed by atoms with van der Waals surface area (Å²) in [5, 5.41) is 14.5. The molecule has 2 amide bonds. The van der Waals surface area contributed by atoms with E-state index < -0.39 is 0 Å². The summed E-state index contributed by atoms with van der Waals surface area (Å²) in [4.78, 5) is 24.8. The van der Waals surface area contributed by atoms with E-state index in [0.29, 0.717) is 5.56 Å². The lowest BCUT2D eigenvalue weighted by atomic mass is 9.85. The van der Waals surface area contributed by atoms with Crippen molar-refractivity contribution >= 4 is 18.0 Å². The average molecular weight is 282 g/mol. The van der Waals surface area contributed by atoms with Crippen LogP contribution in [-0.4, -0.2) is 28.1 Å². The minimum Gasteiger partial charge on any atom is -0.508 e. The third kappa shape index (κ3) is 1.73. The van der Waals surface area contributed by atoms with Crippen molar-refractivity contribution in [2.24, 2.45) is 28.8 Å². The average Bonchev–Trinajstić information content (AvgIpc) is 3.12. The number of fused-ring (bicyclic) bond motifs is 5. The number of benzene rings is 1. The van der Waals surface area contributed by atoms with Crippen molar-refractivity contribution in [1.29, 1.82) is 0 Å². The Morgan fingerprint density at radius 2 is 1.81 bits per heavy atom. The van der Waals surface area contributed by atoms with Crippen LogP contribution in [0.5, 0.6) is 5.75 Å². The maximum atomic E-state index is 12.4. The molecular formula is C16H14N2O3. The summed E-state index contributed by atoms with van der Waals surface area (Å²) < 4.78 is 0. The van der Waals surface area contributed by atoms with Crippen LogP contribution in [0.25, 0.3) is 0 Å². The van der Waals surface area contributed by atoms with Crippen LogP contribution in [0.1, 0.15) is 12.0 Å². The molecule has 1 N–H and O–H groups in total.